The van der Waals surface area contributed by atoms with Crippen molar-refractivity contribution in [2.24, 2.45) is 0 Å². The van der Waals surface area contributed by atoms with Crippen LogP contribution in [0.3, 0.4) is 0 Å². The van der Waals surface area contributed by atoms with Crippen LogP contribution in [0.25, 0.3) is 0 Å². The summed E-state index contributed by atoms with van der Waals surface area (Å²) in [5, 5.41) is 0. The molecule has 0 aliphatic carbocycles. The van der Waals surface area contributed by atoms with E-state index in [9.17, 15) is 0 Å². The van der Waals surface area contributed by atoms with Crippen molar-refractivity contribution in [1.82, 2.24) is 0 Å². The van der Waals surface area contributed by atoms with Crippen molar-refractivity contribution in [2.75, 3.05) is 11.0 Å². The van der Waals surface area contributed by atoms with Gasteiger partial charge in [-0.2, -0.15) is 0 Å². The molecule has 0 amide bonds. The van der Waals surface area contributed by atoms with Crippen molar-refractivity contribution < 1.29 is 4.74 Å². The Kier molecular flexibility index (Phi) is 2.89. The summed E-state index contributed by atoms with van der Waals surface area (Å²) in [6, 6.07) is 10.6. The molecule has 2 rings (SSSR count). The number of hydrogen-bond acceptors (Lipinski definition) is 1. The minimum atomic E-state index is 0.0157. The highest BCUT2D eigenvalue weighted by molar-refractivity contribution is 14.1. The van der Waals surface area contributed by atoms with Crippen LogP contribution in [0.1, 0.15) is 18.4 Å². The number of hydrogen-bond donors (Lipinski definition) is 0. The highest BCUT2D eigenvalue weighted by Gasteiger charge is 2.35. The second-order valence-electron chi connectivity index (χ2n) is 3.45. The van der Waals surface area contributed by atoms with E-state index in [0.717, 1.165) is 11.0 Å². The molecule has 0 bridgehead atoms. The summed E-state index contributed by atoms with van der Waals surface area (Å²) >= 11 is 2.42. The van der Waals surface area contributed by atoms with E-state index in [4.69, 9.17) is 4.74 Å². The summed E-state index contributed by atoms with van der Waals surface area (Å²) in [6.07, 6.45) is 2.36. The lowest BCUT2D eigenvalue weighted by molar-refractivity contribution is 0.0237. The van der Waals surface area contributed by atoms with Gasteiger partial charge in [0, 0.05) is 11.0 Å². The van der Waals surface area contributed by atoms with E-state index in [2.05, 4.69) is 52.9 Å². The summed E-state index contributed by atoms with van der Waals surface area (Å²) in [6.45, 7) is 0.915. The van der Waals surface area contributed by atoms with E-state index in [1.807, 2.05) is 0 Å². The van der Waals surface area contributed by atoms with Crippen LogP contribution < -0.4 is 0 Å². The second kappa shape index (κ2) is 3.96. The van der Waals surface area contributed by atoms with Gasteiger partial charge in [-0.05, 0) is 18.4 Å². The van der Waals surface area contributed by atoms with Crippen molar-refractivity contribution >= 4 is 22.6 Å². The van der Waals surface area contributed by atoms with E-state index in [0.29, 0.717) is 0 Å². The standard InChI is InChI=1S/C11H13IO/c12-9-11(7-4-8-13-11)10-5-2-1-3-6-10/h1-3,5-6H,4,7-9H2/t11-/m0/s1. The fourth-order valence-electron chi connectivity index (χ4n) is 1.85. The highest BCUT2D eigenvalue weighted by atomic mass is 127. The average molecular weight is 288 g/mol. The molecule has 2 heteroatoms. The predicted octanol–water partition coefficient (Wildman–Crippen LogP) is 3.13. The van der Waals surface area contributed by atoms with Gasteiger partial charge >= 0.3 is 0 Å². The molecule has 0 unspecified atom stereocenters. The quantitative estimate of drug-likeness (QED) is 0.600. The largest absolute Gasteiger partial charge is 0.369 e. The van der Waals surface area contributed by atoms with Crippen molar-refractivity contribution in [3.8, 4) is 0 Å². The molecule has 0 aromatic heterocycles. The first-order valence-corrected chi connectivity index (χ1v) is 6.15. The first-order chi connectivity index (χ1) is 6.37. The van der Waals surface area contributed by atoms with Crippen LogP contribution >= 0.6 is 22.6 Å². The zero-order chi connectivity index (χ0) is 9.15. The molecule has 0 radical (unpaired) electrons. The van der Waals surface area contributed by atoms with Gasteiger partial charge in [-0.15, -0.1) is 0 Å². The van der Waals surface area contributed by atoms with Crippen LogP contribution in [0.4, 0.5) is 0 Å². The van der Waals surface area contributed by atoms with Gasteiger partial charge < -0.3 is 4.74 Å². The Morgan fingerprint density at radius 1 is 1.31 bits per heavy atom. The van der Waals surface area contributed by atoms with Crippen molar-refractivity contribution in [3.63, 3.8) is 0 Å². The topological polar surface area (TPSA) is 9.23 Å². The Bertz CT molecular complexity index is 265. The molecule has 13 heavy (non-hydrogen) atoms. The fourth-order valence-corrected chi connectivity index (χ4v) is 2.89. The number of halogens is 1. The first-order valence-electron chi connectivity index (χ1n) is 4.63. The first kappa shape index (κ1) is 9.46. The van der Waals surface area contributed by atoms with Crippen LogP contribution in [-0.4, -0.2) is 11.0 Å². The normalized spacial score (nSPS) is 27.8. The fraction of sp³-hybridized carbons (Fsp3) is 0.455. The summed E-state index contributed by atoms with van der Waals surface area (Å²) in [5.74, 6) is 0. The summed E-state index contributed by atoms with van der Waals surface area (Å²) < 4.78 is 6.92. The Hall–Kier alpha value is -0.0900. The molecule has 1 nitrogen and oxygen atoms in total. The molecular weight excluding hydrogens is 275 g/mol. The molecule has 1 aromatic carbocycles. The van der Waals surface area contributed by atoms with Gasteiger partial charge in [0.1, 0.15) is 5.60 Å². The summed E-state index contributed by atoms with van der Waals surface area (Å²) in [4.78, 5) is 0. The van der Waals surface area contributed by atoms with Gasteiger partial charge in [0.2, 0.25) is 0 Å². The molecule has 1 aliphatic heterocycles. The van der Waals surface area contributed by atoms with E-state index in [1.54, 1.807) is 0 Å². The van der Waals surface area contributed by atoms with E-state index < -0.39 is 0 Å². The van der Waals surface area contributed by atoms with E-state index in [1.165, 1.54) is 18.4 Å². The van der Waals surface area contributed by atoms with Crippen LogP contribution in [-0.2, 0) is 10.3 Å². The maximum atomic E-state index is 5.87. The molecule has 0 N–H and O–H groups in total. The zero-order valence-electron chi connectivity index (χ0n) is 7.50. The zero-order valence-corrected chi connectivity index (χ0v) is 9.66. The maximum Gasteiger partial charge on any atom is 0.102 e. The maximum absolute atomic E-state index is 5.87. The monoisotopic (exact) mass is 288 g/mol. The third kappa shape index (κ3) is 1.74. The summed E-state index contributed by atoms with van der Waals surface area (Å²) in [7, 11) is 0. The van der Waals surface area contributed by atoms with Crippen molar-refractivity contribution in [3.05, 3.63) is 35.9 Å². The predicted molar refractivity (Wildman–Crippen MR) is 62.2 cm³/mol. The number of benzene rings is 1. The Morgan fingerprint density at radius 2 is 2.08 bits per heavy atom. The Labute approximate surface area is 92.6 Å². The molecule has 1 aliphatic rings. The number of alkyl halides is 1. The number of rotatable bonds is 2. The lowest BCUT2D eigenvalue weighted by Gasteiger charge is -2.26. The number of ether oxygens (including phenoxy) is 1. The van der Waals surface area contributed by atoms with Gasteiger partial charge in [-0.3, -0.25) is 0 Å². The van der Waals surface area contributed by atoms with E-state index in [-0.39, 0.29) is 5.60 Å². The van der Waals surface area contributed by atoms with Gasteiger partial charge in [0.05, 0.1) is 0 Å². The van der Waals surface area contributed by atoms with Gasteiger partial charge in [0.25, 0.3) is 0 Å². The molecule has 1 aromatic rings. The molecule has 1 fully saturated rings. The van der Waals surface area contributed by atoms with Gasteiger partial charge in [0.15, 0.2) is 0 Å². The minimum absolute atomic E-state index is 0.0157. The molecule has 1 heterocycles. The van der Waals surface area contributed by atoms with Crippen LogP contribution in [0.5, 0.6) is 0 Å². The Balaban J connectivity index is 2.31. The minimum Gasteiger partial charge on any atom is -0.369 e. The highest BCUT2D eigenvalue weighted by Crippen LogP contribution is 2.37. The lowest BCUT2D eigenvalue weighted by Crippen LogP contribution is -2.26. The lowest BCUT2D eigenvalue weighted by atomic mass is 9.93. The Morgan fingerprint density at radius 3 is 2.62 bits per heavy atom. The molecular formula is C11H13IO. The third-order valence-corrected chi connectivity index (χ3v) is 3.85. The SMILES string of the molecule is IC[C@]1(c2ccccc2)CCCO1. The molecule has 0 saturated carbocycles. The molecule has 70 valence electrons. The molecule has 1 saturated heterocycles. The van der Waals surface area contributed by atoms with Gasteiger partial charge in [-0.25, -0.2) is 0 Å². The van der Waals surface area contributed by atoms with Crippen molar-refractivity contribution in [2.45, 2.75) is 18.4 Å². The molecule has 1 atom stereocenters. The van der Waals surface area contributed by atoms with Gasteiger partial charge in [-0.1, -0.05) is 52.9 Å². The van der Waals surface area contributed by atoms with E-state index >= 15 is 0 Å². The summed E-state index contributed by atoms with van der Waals surface area (Å²) in [5.41, 5.74) is 1.35. The van der Waals surface area contributed by atoms with Crippen LogP contribution in [0.15, 0.2) is 30.3 Å². The third-order valence-electron chi connectivity index (χ3n) is 2.62. The molecule has 0 spiro atoms. The van der Waals surface area contributed by atoms with Crippen LogP contribution in [0.2, 0.25) is 0 Å². The van der Waals surface area contributed by atoms with Crippen LogP contribution in [0, 0.1) is 0 Å². The second-order valence-corrected chi connectivity index (χ2v) is 4.21. The smallest absolute Gasteiger partial charge is 0.102 e. The van der Waals surface area contributed by atoms with Crippen molar-refractivity contribution in [1.29, 1.82) is 0 Å². The average Bonchev–Trinajstić information content (AvgIpc) is 2.69.